The lowest BCUT2D eigenvalue weighted by molar-refractivity contribution is 0.212. The highest BCUT2D eigenvalue weighted by Crippen LogP contribution is 2.18. The van der Waals surface area contributed by atoms with Gasteiger partial charge in [0, 0.05) is 0 Å². The normalized spacial score (nSPS) is 20.0. The quantitative estimate of drug-likeness (QED) is 0.512. The van der Waals surface area contributed by atoms with Crippen LogP contribution in [0.25, 0.3) is 0 Å². The molecule has 0 aliphatic carbocycles. The molecule has 0 radical (unpaired) electrons. The molecular weight excluding hydrogens is 160 g/mol. The molecule has 1 N–H and O–H groups in total. The van der Waals surface area contributed by atoms with Crippen molar-refractivity contribution in [3.63, 3.8) is 0 Å². The Labute approximate surface area is 81.7 Å². The second-order valence-corrected chi connectivity index (χ2v) is 3.92. The Morgan fingerprint density at radius 1 is 1.46 bits per heavy atom. The molecule has 0 unspecified atom stereocenters. The summed E-state index contributed by atoms with van der Waals surface area (Å²) in [6.07, 6.45) is 9.14. The molecule has 1 fully saturated rings. The van der Waals surface area contributed by atoms with E-state index in [9.17, 15) is 0 Å². The van der Waals surface area contributed by atoms with Gasteiger partial charge in [-0.1, -0.05) is 5.92 Å². The van der Waals surface area contributed by atoms with Gasteiger partial charge in [-0.15, -0.1) is 6.42 Å². The SMILES string of the molecule is C#CCNCCC1CCN(C)CC1. The number of rotatable bonds is 4. The van der Waals surface area contributed by atoms with Crippen LogP contribution in [0.3, 0.4) is 0 Å². The van der Waals surface area contributed by atoms with E-state index in [1.165, 1.54) is 32.4 Å². The highest BCUT2D eigenvalue weighted by molar-refractivity contribution is 4.86. The van der Waals surface area contributed by atoms with Crippen LogP contribution in [0.4, 0.5) is 0 Å². The summed E-state index contributed by atoms with van der Waals surface area (Å²) in [5, 5.41) is 3.24. The molecule has 0 aromatic carbocycles. The zero-order valence-corrected chi connectivity index (χ0v) is 8.55. The Kier molecular flexibility index (Phi) is 4.88. The van der Waals surface area contributed by atoms with Crippen molar-refractivity contribution in [1.29, 1.82) is 0 Å². The van der Waals surface area contributed by atoms with E-state index >= 15 is 0 Å². The largest absolute Gasteiger partial charge is 0.306 e. The lowest BCUT2D eigenvalue weighted by Gasteiger charge is -2.28. The van der Waals surface area contributed by atoms with Crippen molar-refractivity contribution >= 4 is 0 Å². The van der Waals surface area contributed by atoms with Gasteiger partial charge in [-0.3, -0.25) is 0 Å². The smallest absolute Gasteiger partial charge is 0.0573 e. The van der Waals surface area contributed by atoms with Crippen LogP contribution < -0.4 is 5.32 Å². The standard InChI is InChI=1S/C11H20N2/c1-3-7-12-8-4-11-5-9-13(2)10-6-11/h1,11-12H,4-10H2,2H3. The van der Waals surface area contributed by atoms with E-state index in [0.29, 0.717) is 6.54 Å². The molecule has 74 valence electrons. The first-order chi connectivity index (χ1) is 6.33. The lowest BCUT2D eigenvalue weighted by Crippen LogP contribution is -2.31. The monoisotopic (exact) mass is 180 g/mol. The van der Waals surface area contributed by atoms with E-state index in [1.807, 2.05) is 0 Å². The number of terminal acetylenes is 1. The number of hydrogen-bond donors (Lipinski definition) is 1. The van der Waals surface area contributed by atoms with Gasteiger partial charge in [0.25, 0.3) is 0 Å². The lowest BCUT2D eigenvalue weighted by atomic mass is 9.94. The average Bonchev–Trinajstić information content (AvgIpc) is 2.15. The van der Waals surface area contributed by atoms with Crippen molar-refractivity contribution < 1.29 is 0 Å². The second-order valence-electron chi connectivity index (χ2n) is 3.92. The Bertz CT molecular complexity index is 163. The number of nitrogens with one attached hydrogen (secondary N) is 1. The molecule has 13 heavy (non-hydrogen) atoms. The molecule has 0 aromatic rings. The minimum atomic E-state index is 0.715. The summed E-state index contributed by atoms with van der Waals surface area (Å²) in [5.41, 5.74) is 0. The van der Waals surface area contributed by atoms with Gasteiger partial charge < -0.3 is 10.2 Å². The van der Waals surface area contributed by atoms with Crippen molar-refractivity contribution in [1.82, 2.24) is 10.2 Å². The highest BCUT2D eigenvalue weighted by atomic mass is 15.1. The van der Waals surface area contributed by atoms with Crippen molar-refractivity contribution in [3.05, 3.63) is 0 Å². The van der Waals surface area contributed by atoms with E-state index < -0.39 is 0 Å². The van der Waals surface area contributed by atoms with Crippen LogP contribution >= 0.6 is 0 Å². The topological polar surface area (TPSA) is 15.3 Å². The first-order valence-corrected chi connectivity index (χ1v) is 5.15. The molecule has 0 atom stereocenters. The predicted molar refractivity (Wildman–Crippen MR) is 56.5 cm³/mol. The summed E-state index contributed by atoms with van der Waals surface area (Å²) in [7, 11) is 2.20. The highest BCUT2D eigenvalue weighted by Gasteiger charge is 2.15. The van der Waals surface area contributed by atoms with Crippen molar-refractivity contribution in [2.45, 2.75) is 19.3 Å². The number of likely N-dealkylation sites (tertiary alicyclic amines) is 1. The van der Waals surface area contributed by atoms with Crippen LogP contribution in [0.1, 0.15) is 19.3 Å². The zero-order chi connectivity index (χ0) is 9.52. The van der Waals surface area contributed by atoms with Gasteiger partial charge in [0.15, 0.2) is 0 Å². The minimum absolute atomic E-state index is 0.715. The summed E-state index contributed by atoms with van der Waals surface area (Å²) in [6.45, 7) is 4.32. The summed E-state index contributed by atoms with van der Waals surface area (Å²) in [5.74, 6) is 3.51. The third-order valence-electron chi connectivity index (χ3n) is 2.79. The summed E-state index contributed by atoms with van der Waals surface area (Å²) in [4.78, 5) is 2.41. The molecule has 1 saturated heterocycles. The fraction of sp³-hybridized carbons (Fsp3) is 0.818. The Balaban J connectivity index is 2.00. The third-order valence-corrected chi connectivity index (χ3v) is 2.79. The molecule has 2 heteroatoms. The molecule has 0 bridgehead atoms. The van der Waals surface area contributed by atoms with Gasteiger partial charge in [0.1, 0.15) is 0 Å². The Hall–Kier alpha value is -0.520. The maximum absolute atomic E-state index is 5.15. The zero-order valence-electron chi connectivity index (χ0n) is 8.55. The Morgan fingerprint density at radius 3 is 2.77 bits per heavy atom. The Morgan fingerprint density at radius 2 is 2.15 bits per heavy atom. The van der Waals surface area contributed by atoms with Gasteiger partial charge >= 0.3 is 0 Å². The number of hydrogen-bond acceptors (Lipinski definition) is 2. The van der Waals surface area contributed by atoms with Gasteiger partial charge in [0.05, 0.1) is 6.54 Å². The molecular formula is C11H20N2. The van der Waals surface area contributed by atoms with Crippen molar-refractivity contribution in [2.24, 2.45) is 5.92 Å². The molecule has 1 heterocycles. The van der Waals surface area contributed by atoms with Crippen LogP contribution in [0, 0.1) is 18.3 Å². The predicted octanol–water partition coefficient (Wildman–Crippen LogP) is 0.941. The fourth-order valence-corrected chi connectivity index (χ4v) is 1.82. The summed E-state index contributed by atoms with van der Waals surface area (Å²) < 4.78 is 0. The van der Waals surface area contributed by atoms with Crippen molar-refractivity contribution in [2.75, 3.05) is 33.2 Å². The molecule has 1 aliphatic rings. The average molecular weight is 180 g/mol. The summed E-state index contributed by atoms with van der Waals surface area (Å²) in [6, 6.07) is 0. The fourth-order valence-electron chi connectivity index (χ4n) is 1.82. The molecule has 0 saturated carbocycles. The van der Waals surface area contributed by atoms with E-state index in [4.69, 9.17) is 6.42 Å². The number of nitrogens with zero attached hydrogens (tertiary/aromatic N) is 1. The third kappa shape index (κ3) is 4.31. The molecule has 0 aromatic heterocycles. The van der Waals surface area contributed by atoms with Crippen LogP contribution in [0.2, 0.25) is 0 Å². The van der Waals surface area contributed by atoms with Gasteiger partial charge in [-0.25, -0.2) is 0 Å². The van der Waals surface area contributed by atoms with Gasteiger partial charge in [-0.2, -0.15) is 0 Å². The summed E-state index contributed by atoms with van der Waals surface area (Å²) >= 11 is 0. The molecule has 0 amide bonds. The maximum atomic E-state index is 5.15. The van der Waals surface area contributed by atoms with Gasteiger partial charge in [0.2, 0.25) is 0 Å². The van der Waals surface area contributed by atoms with E-state index in [1.54, 1.807) is 0 Å². The van der Waals surface area contributed by atoms with Crippen LogP contribution in [-0.4, -0.2) is 38.1 Å². The number of piperidine rings is 1. The minimum Gasteiger partial charge on any atom is -0.306 e. The first kappa shape index (κ1) is 10.6. The molecule has 1 rings (SSSR count). The second kappa shape index (κ2) is 6.01. The first-order valence-electron chi connectivity index (χ1n) is 5.15. The molecule has 1 aliphatic heterocycles. The van der Waals surface area contributed by atoms with Crippen molar-refractivity contribution in [3.8, 4) is 12.3 Å². The van der Waals surface area contributed by atoms with Crippen LogP contribution in [0.15, 0.2) is 0 Å². The molecule has 2 nitrogen and oxygen atoms in total. The van der Waals surface area contributed by atoms with Gasteiger partial charge in [-0.05, 0) is 51.9 Å². The maximum Gasteiger partial charge on any atom is 0.0573 e. The van der Waals surface area contributed by atoms with E-state index in [2.05, 4.69) is 23.2 Å². The van der Waals surface area contributed by atoms with Crippen LogP contribution in [-0.2, 0) is 0 Å². The van der Waals surface area contributed by atoms with E-state index in [0.717, 1.165) is 12.5 Å². The van der Waals surface area contributed by atoms with E-state index in [-0.39, 0.29) is 0 Å². The molecule has 0 spiro atoms. The van der Waals surface area contributed by atoms with Crippen LogP contribution in [0.5, 0.6) is 0 Å².